The van der Waals surface area contributed by atoms with Gasteiger partial charge in [-0.15, -0.1) is 0 Å². The highest BCUT2D eigenvalue weighted by Crippen LogP contribution is 1.98. The molecule has 61 valence electrons. The van der Waals surface area contributed by atoms with E-state index in [0.29, 0.717) is 6.54 Å². The number of nitrogens with one attached hydrogen (secondary N) is 1. The molecular formula is C8H19N2. The van der Waals surface area contributed by atoms with E-state index in [0.717, 1.165) is 6.42 Å². The van der Waals surface area contributed by atoms with E-state index in [1.54, 1.807) is 0 Å². The van der Waals surface area contributed by atoms with E-state index in [9.17, 15) is 0 Å². The van der Waals surface area contributed by atoms with Gasteiger partial charge >= 0.3 is 0 Å². The maximum atomic E-state index is 6.91. The van der Waals surface area contributed by atoms with Crippen LogP contribution in [-0.4, -0.2) is 32.1 Å². The van der Waals surface area contributed by atoms with E-state index < -0.39 is 0 Å². The van der Waals surface area contributed by atoms with Crippen molar-refractivity contribution in [2.24, 2.45) is 0 Å². The molecule has 1 radical (unpaired) electrons. The van der Waals surface area contributed by atoms with Crippen LogP contribution in [0.4, 0.5) is 0 Å². The second kappa shape index (κ2) is 7.03. The summed E-state index contributed by atoms with van der Waals surface area (Å²) in [4.78, 5) is 2.21. The lowest BCUT2D eigenvalue weighted by atomic mass is 10.2. The van der Waals surface area contributed by atoms with Gasteiger partial charge in [-0.05, 0) is 33.5 Å². The van der Waals surface area contributed by atoms with Crippen molar-refractivity contribution in [3.63, 3.8) is 0 Å². The van der Waals surface area contributed by atoms with Crippen LogP contribution in [0.1, 0.15) is 25.7 Å². The Bertz CT molecular complexity index is 62.3. The van der Waals surface area contributed by atoms with E-state index >= 15 is 0 Å². The standard InChI is InChI=1S/C8H19N2/c1-10(2)8-6-4-3-5-7-9/h9H,3-8H2,1-2H3. The van der Waals surface area contributed by atoms with Gasteiger partial charge in [0, 0.05) is 6.54 Å². The van der Waals surface area contributed by atoms with Crippen LogP contribution >= 0.6 is 0 Å². The van der Waals surface area contributed by atoms with Crippen LogP contribution in [0.2, 0.25) is 0 Å². The lowest BCUT2D eigenvalue weighted by Gasteiger charge is -2.07. The molecule has 0 saturated carbocycles. The Balaban J connectivity index is 2.77. The fourth-order valence-electron chi connectivity index (χ4n) is 0.907. The SMILES string of the molecule is CN(C)CCCCCC[NH]. The van der Waals surface area contributed by atoms with Crippen LogP contribution in [0.15, 0.2) is 0 Å². The van der Waals surface area contributed by atoms with Crippen LogP contribution in [0, 0.1) is 0 Å². The Morgan fingerprint density at radius 2 is 1.60 bits per heavy atom. The number of rotatable bonds is 6. The summed E-state index contributed by atoms with van der Waals surface area (Å²) in [5.74, 6) is 0. The molecule has 0 amide bonds. The summed E-state index contributed by atoms with van der Waals surface area (Å²) in [7, 11) is 4.20. The third-order valence-corrected chi connectivity index (χ3v) is 1.53. The molecule has 0 fully saturated rings. The summed E-state index contributed by atoms with van der Waals surface area (Å²) in [6.07, 6.45) is 4.88. The highest BCUT2D eigenvalue weighted by atomic mass is 15.0. The molecule has 0 spiro atoms. The summed E-state index contributed by atoms with van der Waals surface area (Å²) in [5, 5.41) is 0. The molecule has 0 heterocycles. The number of hydrogen-bond donors (Lipinski definition) is 0. The Morgan fingerprint density at radius 1 is 1.00 bits per heavy atom. The van der Waals surface area contributed by atoms with E-state index in [2.05, 4.69) is 19.0 Å². The van der Waals surface area contributed by atoms with Crippen LogP contribution in [-0.2, 0) is 0 Å². The van der Waals surface area contributed by atoms with Crippen molar-refractivity contribution in [2.75, 3.05) is 27.2 Å². The highest BCUT2D eigenvalue weighted by molar-refractivity contribution is 4.46. The van der Waals surface area contributed by atoms with Gasteiger partial charge in [-0.3, -0.25) is 5.73 Å². The van der Waals surface area contributed by atoms with Crippen molar-refractivity contribution in [1.82, 2.24) is 10.6 Å². The van der Waals surface area contributed by atoms with E-state index in [4.69, 9.17) is 5.73 Å². The summed E-state index contributed by atoms with van der Waals surface area (Å²) >= 11 is 0. The van der Waals surface area contributed by atoms with Crippen LogP contribution in [0.25, 0.3) is 0 Å². The fourth-order valence-corrected chi connectivity index (χ4v) is 0.907. The van der Waals surface area contributed by atoms with Gasteiger partial charge in [-0.1, -0.05) is 12.8 Å². The predicted molar refractivity (Wildman–Crippen MR) is 45.0 cm³/mol. The van der Waals surface area contributed by atoms with Crippen molar-refractivity contribution in [3.8, 4) is 0 Å². The Morgan fingerprint density at radius 3 is 2.10 bits per heavy atom. The fraction of sp³-hybridized carbons (Fsp3) is 1.00. The third-order valence-electron chi connectivity index (χ3n) is 1.53. The lowest BCUT2D eigenvalue weighted by molar-refractivity contribution is 0.390. The Labute approximate surface area is 64.4 Å². The molecule has 1 N–H and O–H groups in total. The smallest absolute Gasteiger partial charge is 0.00997 e. The van der Waals surface area contributed by atoms with Gasteiger partial charge in [0.15, 0.2) is 0 Å². The molecule has 2 heteroatoms. The Hall–Kier alpha value is -0.0800. The van der Waals surface area contributed by atoms with Crippen molar-refractivity contribution in [1.29, 1.82) is 0 Å². The van der Waals surface area contributed by atoms with E-state index in [1.807, 2.05) is 0 Å². The molecule has 0 aliphatic carbocycles. The van der Waals surface area contributed by atoms with Crippen molar-refractivity contribution in [2.45, 2.75) is 25.7 Å². The average Bonchev–Trinajstić information content (AvgIpc) is 1.87. The quantitative estimate of drug-likeness (QED) is 0.516. The first-order valence-electron chi connectivity index (χ1n) is 4.06. The molecule has 0 aliphatic rings. The minimum atomic E-state index is 0.599. The monoisotopic (exact) mass is 143 g/mol. The van der Waals surface area contributed by atoms with E-state index in [-0.39, 0.29) is 0 Å². The van der Waals surface area contributed by atoms with Gasteiger partial charge in [-0.25, -0.2) is 0 Å². The molecule has 0 aromatic heterocycles. The van der Waals surface area contributed by atoms with Gasteiger partial charge < -0.3 is 4.90 Å². The average molecular weight is 143 g/mol. The zero-order chi connectivity index (χ0) is 7.82. The van der Waals surface area contributed by atoms with E-state index in [1.165, 1.54) is 25.8 Å². The zero-order valence-corrected chi connectivity index (χ0v) is 7.19. The second-order valence-corrected chi connectivity index (χ2v) is 2.97. The molecule has 10 heavy (non-hydrogen) atoms. The summed E-state index contributed by atoms with van der Waals surface area (Å²) in [5.41, 5.74) is 6.91. The number of nitrogens with zero attached hydrogens (tertiary/aromatic N) is 1. The van der Waals surface area contributed by atoms with Crippen molar-refractivity contribution >= 4 is 0 Å². The molecule has 0 aromatic carbocycles. The summed E-state index contributed by atoms with van der Waals surface area (Å²) in [6.45, 7) is 1.79. The topological polar surface area (TPSA) is 27.0 Å². The summed E-state index contributed by atoms with van der Waals surface area (Å²) in [6, 6.07) is 0. The first-order valence-corrected chi connectivity index (χ1v) is 4.06. The van der Waals surface area contributed by atoms with Gasteiger partial charge in [0.2, 0.25) is 0 Å². The molecule has 0 saturated heterocycles. The van der Waals surface area contributed by atoms with Gasteiger partial charge in [0.05, 0.1) is 0 Å². The molecule has 2 nitrogen and oxygen atoms in total. The lowest BCUT2D eigenvalue weighted by Crippen LogP contribution is -2.12. The first kappa shape index (κ1) is 9.92. The maximum Gasteiger partial charge on any atom is 0.00997 e. The molecule has 0 atom stereocenters. The van der Waals surface area contributed by atoms with Crippen LogP contribution < -0.4 is 5.73 Å². The van der Waals surface area contributed by atoms with Gasteiger partial charge in [-0.2, -0.15) is 0 Å². The number of hydrogen-bond acceptors (Lipinski definition) is 1. The van der Waals surface area contributed by atoms with Gasteiger partial charge in [0.1, 0.15) is 0 Å². The Kier molecular flexibility index (Phi) is 6.98. The summed E-state index contributed by atoms with van der Waals surface area (Å²) < 4.78 is 0. The molecule has 0 unspecified atom stereocenters. The molecule has 0 bridgehead atoms. The predicted octanol–water partition coefficient (Wildman–Crippen LogP) is 1.39. The third kappa shape index (κ3) is 7.92. The second-order valence-electron chi connectivity index (χ2n) is 2.97. The maximum absolute atomic E-state index is 6.91. The van der Waals surface area contributed by atoms with Crippen molar-refractivity contribution in [3.05, 3.63) is 0 Å². The molecular weight excluding hydrogens is 124 g/mol. The van der Waals surface area contributed by atoms with Gasteiger partial charge in [0.25, 0.3) is 0 Å². The minimum Gasteiger partial charge on any atom is -0.309 e. The van der Waals surface area contributed by atoms with Crippen LogP contribution in [0.3, 0.4) is 0 Å². The molecule has 0 rings (SSSR count). The normalized spacial score (nSPS) is 10.8. The largest absolute Gasteiger partial charge is 0.309 e. The van der Waals surface area contributed by atoms with Crippen LogP contribution in [0.5, 0.6) is 0 Å². The minimum absolute atomic E-state index is 0.599. The molecule has 0 aromatic rings. The highest BCUT2D eigenvalue weighted by Gasteiger charge is 1.90. The first-order chi connectivity index (χ1) is 4.77. The molecule has 0 aliphatic heterocycles. The zero-order valence-electron chi connectivity index (χ0n) is 7.19. The number of unbranched alkanes of at least 4 members (excludes halogenated alkanes) is 3. The van der Waals surface area contributed by atoms with Crippen molar-refractivity contribution < 1.29 is 0 Å².